The van der Waals surface area contributed by atoms with Crippen LogP contribution in [0.2, 0.25) is 25.7 Å². The monoisotopic (exact) mass is 587 g/mol. The van der Waals surface area contributed by atoms with Gasteiger partial charge in [-0.05, 0) is 76.8 Å². The van der Waals surface area contributed by atoms with Gasteiger partial charge in [-0.2, -0.15) is 0 Å². The third-order valence-corrected chi connectivity index (χ3v) is 9.46. The van der Waals surface area contributed by atoms with E-state index in [1.54, 1.807) is 21.9 Å². The Morgan fingerprint density at radius 2 is 1.80 bits per heavy atom. The van der Waals surface area contributed by atoms with Gasteiger partial charge >= 0.3 is 6.09 Å². The molecule has 1 aromatic carbocycles. The molecule has 10 nitrogen and oxygen atoms in total. The Bertz CT molecular complexity index is 1180. The highest BCUT2D eigenvalue weighted by atomic mass is 28.3. The molecular formula is C30H45N3O7Si. The van der Waals surface area contributed by atoms with E-state index in [1.165, 1.54) is 0 Å². The summed E-state index contributed by atoms with van der Waals surface area (Å²) in [5.41, 5.74) is 0.740. The molecule has 3 heterocycles. The molecule has 0 N–H and O–H groups in total. The lowest BCUT2D eigenvalue weighted by atomic mass is 10.0. The summed E-state index contributed by atoms with van der Waals surface area (Å²) in [4.78, 5) is 56.3. The molecule has 3 aliphatic rings. The molecule has 1 unspecified atom stereocenters. The van der Waals surface area contributed by atoms with Gasteiger partial charge in [0.15, 0.2) is 0 Å². The van der Waals surface area contributed by atoms with Crippen molar-refractivity contribution in [2.45, 2.75) is 109 Å². The van der Waals surface area contributed by atoms with Crippen molar-refractivity contribution in [1.82, 2.24) is 14.7 Å². The lowest BCUT2D eigenvalue weighted by molar-refractivity contribution is -0.158. The van der Waals surface area contributed by atoms with Crippen molar-refractivity contribution in [2.24, 2.45) is 0 Å². The summed E-state index contributed by atoms with van der Waals surface area (Å²) in [5.74, 6) is -0.252. The van der Waals surface area contributed by atoms with E-state index in [-0.39, 0.29) is 55.7 Å². The number of carbonyl (C=O) groups is 4. The van der Waals surface area contributed by atoms with Gasteiger partial charge in [0.2, 0.25) is 5.91 Å². The van der Waals surface area contributed by atoms with E-state index >= 15 is 0 Å². The molecule has 11 heteroatoms. The Morgan fingerprint density at radius 1 is 1.07 bits per heavy atom. The first-order valence-corrected chi connectivity index (χ1v) is 18.4. The highest BCUT2D eigenvalue weighted by molar-refractivity contribution is 6.76. The van der Waals surface area contributed by atoms with E-state index in [0.29, 0.717) is 30.9 Å². The minimum Gasteiger partial charge on any atom is -0.489 e. The predicted molar refractivity (Wildman–Crippen MR) is 156 cm³/mol. The molecular weight excluding hydrogens is 542 g/mol. The summed E-state index contributed by atoms with van der Waals surface area (Å²) in [5, 5.41) is 0. The van der Waals surface area contributed by atoms with Crippen LogP contribution in [0.25, 0.3) is 0 Å². The van der Waals surface area contributed by atoms with E-state index in [0.717, 1.165) is 29.3 Å². The van der Waals surface area contributed by atoms with E-state index in [2.05, 4.69) is 19.6 Å². The van der Waals surface area contributed by atoms with Crippen molar-refractivity contribution in [3.8, 4) is 5.75 Å². The van der Waals surface area contributed by atoms with Crippen molar-refractivity contribution < 1.29 is 33.4 Å². The maximum absolute atomic E-state index is 13.3. The Hall–Kier alpha value is -2.92. The Morgan fingerprint density at radius 3 is 2.49 bits per heavy atom. The second-order valence-corrected chi connectivity index (χ2v) is 19.2. The third-order valence-electron chi connectivity index (χ3n) is 7.76. The molecule has 226 valence electrons. The number of piperidine rings is 2. The average molecular weight is 588 g/mol. The largest absolute Gasteiger partial charge is 0.489 e. The van der Waals surface area contributed by atoms with Gasteiger partial charge in [-0.15, -0.1) is 0 Å². The molecule has 0 aromatic heterocycles. The van der Waals surface area contributed by atoms with E-state index in [9.17, 15) is 19.2 Å². The summed E-state index contributed by atoms with van der Waals surface area (Å²) in [7, 11) is -1.30. The first-order valence-electron chi connectivity index (χ1n) is 14.6. The second kappa shape index (κ2) is 12.1. The molecule has 1 aromatic rings. The second-order valence-electron chi connectivity index (χ2n) is 13.6. The summed E-state index contributed by atoms with van der Waals surface area (Å²) >= 11 is 0. The molecule has 4 amide bonds. The minimum absolute atomic E-state index is 0.0566. The Labute approximate surface area is 244 Å². The highest BCUT2D eigenvalue weighted by Crippen LogP contribution is 2.32. The van der Waals surface area contributed by atoms with Gasteiger partial charge in [0.25, 0.3) is 11.8 Å². The first-order chi connectivity index (χ1) is 19.1. The fourth-order valence-electron chi connectivity index (χ4n) is 5.36. The topological polar surface area (TPSA) is 106 Å². The lowest BCUT2D eigenvalue weighted by Gasteiger charge is -2.38. The van der Waals surface area contributed by atoms with E-state index in [1.807, 2.05) is 33.8 Å². The third kappa shape index (κ3) is 7.68. The molecule has 3 atom stereocenters. The number of rotatable bonds is 8. The van der Waals surface area contributed by atoms with Crippen molar-refractivity contribution in [1.29, 1.82) is 0 Å². The van der Waals surface area contributed by atoms with Crippen LogP contribution in [0.15, 0.2) is 18.2 Å². The zero-order valence-corrected chi connectivity index (χ0v) is 26.5. The van der Waals surface area contributed by atoms with Gasteiger partial charge in [0.1, 0.15) is 30.2 Å². The van der Waals surface area contributed by atoms with Crippen LogP contribution in [0.3, 0.4) is 0 Å². The molecule has 2 fully saturated rings. The molecule has 4 rings (SSSR count). The van der Waals surface area contributed by atoms with Crippen LogP contribution >= 0.6 is 0 Å². The van der Waals surface area contributed by atoms with Crippen molar-refractivity contribution in [2.75, 3.05) is 19.9 Å². The van der Waals surface area contributed by atoms with Gasteiger partial charge in [-0.1, -0.05) is 19.6 Å². The van der Waals surface area contributed by atoms with Crippen LogP contribution in [-0.2, 0) is 25.6 Å². The van der Waals surface area contributed by atoms with E-state index < -0.39 is 19.7 Å². The number of imide groups is 1. The molecule has 0 aliphatic carbocycles. The van der Waals surface area contributed by atoms with Crippen LogP contribution in [-0.4, -0.2) is 90.3 Å². The number of nitrogens with zero attached hydrogens (tertiary/aromatic N) is 3. The van der Waals surface area contributed by atoms with Crippen molar-refractivity contribution in [3.05, 3.63) is 29.3 Å². The van der Waals surface area contributed by atoms with Crippen LogP contribution in [0.1, 0.15) is 69.3 Å². The van der Waals surface area contributed by atoms with Crippen LogP contribution < -0.4 is 4.74 Å². The summed E-state index contributed by atoms with van der Waals surface area (Å²) in [6, 6.07) is 5.64. The predicted octanol–water partition coefficient (Wildman–Crippen LogP) is 4.64. The smallest absolute Gasteiger partial charge is 0.410 e. The molecule has 0 spiro atoms. The van der Waals surface area contributed by atoms with Crippen LogP contribution in [0.5, 0.6) is 5.75 Å². The minimum atomic E-state index is -1.30. The maximum Gasteiger partial charge on any atom is 0.410 e. The number of likely N-dealkylation sites (tertiary alicyclic amines) is 2. The average Bonchev–Trinajstić information content (AvgIpc) is 3.18. The zero-order valence-electron chi connectivity index (χ0n) is 25.5. The first kappa shape index (κ1) is 31.0. The number of amides is 4. The number of benzene rings is 1. The van der Waals surface area contributed by atoms with Gasteiger partial charge in [0.05, 0.1) is 6.54 Å². The molecule has 41 heavy (non-hydrogen) atoms. The Balaban J connectivity index is 1.38. The number of fused-ring (bicyclic) bond motifs is 1. The highest BCUT2D eigenvalue weighted by Gasteiger charge is 2.43. The Kier molecular flexibility index (Phi) is 9.18. The molecule has 0 saturated carbocycles. The van der Waals surface area contributed by atoms with Gasteiger partial charge < -0.3 is 24.0 Å². The number of ether oxygens (including phenoxy) is 3. The van der Waals surface area contributed by atoms with Gasteiger partial charge in [-0.3, -0.25) is 19.3 Å². The maximum atomic E-state index is 13.3. The van der Waals surface area contributed by atoms with Crippen LogP contribution in [0.4, 0.5) is 4.79 Å². The molecule has 0 bridgehead atoms. The van der Waals surface area contributed by atoms with Gasteiger partial charge in [-0.25, -0.2) is 4.79 Å². The van der Waals surface area contributed by atoms with Crippen LogP contribution in [0, 0.1) is 0 Å². The summed E-state index contributed by atoms with van der Waals surface area (Å²) < 4.78 is 17.6. The molecule has 3 aliphatic heterocycles. The van der Waals surface area contributed by atoms with Crippen molar-refractivity contribution >= 4 is 31.9 Å². The van der Waals surface area contributed by atoms with Crippen molar-refractivity contribution in [3.63, 3.8) is 0 Å². The number of hydrogen-bond acceptors (Lipinski definition) is 7. The lowest BCUT2D eigenvalue weighted by Crippen LogP contribution is -2.55. The number of carbonyl (C=O) groups excluding carboxylic acids is 4. The zero-order chi connectivity index (χ0) is 30.1. The molecule has 2 saturated heterocycles. The normalized spacial score (nSPS) is 23.6. The van der Waals surface area contributed by atoms with Gasteiger partial charge in [0, 0.05) is 39.3 Å². The number of hydrogen-bond donors (Lipinski definition) is 0. The fraction of sp³-hybridized carbons (Fsp3) is 0.667. The fourth-order valence-corrected chi connectivity index (χ4v) is 6.12. The quantitative estimate of drug-likeness (QED) is 0.248. The summed E-state index contributed by atoms with van der Waals surface area (Å²) in [6.45, 7) is 15.4. The molecule has 0 radical (unpaired) electrons. The summed E-state index contributed by atoms with van der Waals surface area (Å²) in [6.07, 6.45) is 1.53. The SMILES string of the molecule is C[C@H]1CC[C@@H](Oc2ccc3c(c2)CN(C2CCC(=O)N(COCC[Si](C)(C)C)C2=O)C3=O)CN1C(=O)OC(C)(C)C. The standard InChI is InChI=1S/C30H45N3O7Si/c1-20-8-9-23(18-31(20)29(37)40-30(2,3)4)39-22-10-11-24-21(16-22)17-32(27(24)35)25-12-13-26(34)33(28(25)36)19-38-14-15-41(5,6)7/h10-11,16,20,23,25H,8-9,12-15,17-19H2,1-7H3/t20-,23+,25?/m0/s1. The van der Waals surface area contributed by atoms with E-state index in [4.69, 9.17) is 14.2 Å².